The van der Waals surface area contributed by atoms with Crippen molar-refractivity contribution in [3.05, 3.63) is 35.9 Å². The molecule has 1 aromatic rings. The highest BCUT2D eigenvalue weighted by molar-refractivity contribution is 5.81. The van der Waals surface area contributed by atoms with Gasteiger partial charge in [-0.3, -0.25) is 9.89 Å². The number of nitrogens with zero attached hydrogens (tertiary/aromatic N) is 2. The average molecular weight is 329 g/mol. The molecule has 3 rings (SSSR count). The average Bonchev–Trinajstić information content (AvgIpc) is 3.23. The number of aliphatic imine (C=N–C) groups is 1. The minimum absolute atomic E-state index is 0.485. The van der Waals surface area contributed by atoms with Crippen LogP contribution in [0.3, 0.4) is 0 Å². The maximum Gasteiger partial charge on any atom is 0.191 e. The first-order valence-corrected chi connectivity index (χ1v) is 9.45. The molecule has 2 fully saturated rings. The Morgan fingerprint density at radius 2 is 1.88 bits per heavy atom. The highest BCUT2D eigenvalue weighted by Gasteiger charge is 2.39. The second-order valence-electron chi connectivity index (χ2n) is 7.60. The Hall–Kier alpha value is -1.55. The maximum absolute atomic E-state index is 4.68. The Labute approximate surface area is 146 Å². The van der Waals surface area contributed by atoms with Crippen molar-refractivity contribution in [2.24, 2.45) is 10.9 Å². The van der Waals surface area contributed by atoms with E-state index in [1.165, 1.54) is 18.5 Å². The normalized spacial score (nSPS) is 30.6. The summed E-state index contributed by atoms with van der Waals surface area (Å²) in [5.41, 5.74) is 1.44. The van der Waals surface area contributed by atoms with Gasteiger partial charge in [0, 0.05) is 43.7 Å². The first-order chi connectivity index (χ1) is 11.6. The maximum atomic E-state index is 4.68. The van der Waals surface area contributed by atoms with Crippen LogP contribution in [-0.4, -0.2) is 48.6 Å². The van der Waals surface area contributed by atoms with Crippen LogP contribution in [0.25, 0.3) is 0 Å². The Balaban J connectivity index is 1.56. The molecule has 0 radical (unpaired) electrons. The van der Waals surface area contributed by atoms with Crippen LogP contribution in [0, 0.1) is 5.92 Å². The standard InChI is InChI=1S/C20H32N4/c1-5-21-20(23-19-13-24(14(2)3)12-15(19)4)22-18-11-17(18)16-9-7-6-8-10-16/h6-10,14-15,17-19H,5,11-13H2,1-4H3,(H2,21,22,23). The van der Waals surface area contributed by atoms with Gasteiger partial charge in [-0.1, -0.05) is 37.3 Å². The van der Waals surface area contributed by atoms with Gasteiger partial charge in [-0.05, 0) is 38.7 Å². The highest BCUT2D eigenvalue weighted by Crippen LogP contribution is 2.40. The van der Waals surface area contributed by atoms with Crippen molar-refractivity contribution < 1.29 is 0 Å². The predicted molar refractivity (Wildman–Crippen MR) is 101 cm³/mol. The monoisotopic (exact) mass is 328 g/mol. The van der Waals surface area contributed by atoms with Crippen LogP contribution >= 0.6 is 0 Å². The number of nitrogens with one attached hydrogen (secondary N) is 2. The summed E-state index contributed by atoms with van der Waals surface area (Å²) in [5, 5.41) is 7.34. The van der Waals surface area contributed by atoms with Gasteiger partial charge in [0.1, 0.15) is 0 Å². The number of hydrogen-bond acceptors (Lipinski definition) is 2. The quantitative estimate of drug-likeness (QED) is 0.645. The molecular formula is C20H32N4. The van der Waals surface area contributed by atoms with Crippen LogP contribution in [-0.2, 0) is 0 Å². The molecule has 4 unspecified atom stereocenters. The Morgan fingerprint density at radius 1 is 1.17 bits per heavy atom. The molecule has 24 heavy (non-hydrogen) atoms. The van der Waals surface area contributed by atoms with Crippen molar-refractivity contribution in [1.29, 1.82) is 0 Å². The lowest BCUT2D eigenvalue weighted by Crippen LogP contribution is -2.47. The zero-order chi connectivity index (χ0) is 17.1. The number of rotatable bonds is 5. The zero-order valence-corrected chi connectivity index (χ0v) is 15.5. The van der Waals surface area contributed by atoms with Crippen LogP contribution in [0.2, 0.25) is 0 Å². The Kier molecular flexibility index (Phi) is 5.44. The van der Waals surface area contributed by atoms with Crippen molar-refractivity contribution in [2.75, 3.05) is 19.6 Å². The molecule has 1 saturated carbocycles. The summed E-state index contributed by atoms with van der Waals surface area (Å²) in [6, 6.07) is 12.4. The van der Waals surface area contributed by atoms with Gasteiger partial charge in [0.2, 0.25) is 0 Å². The van der Waals surface area contributed by atoms with Crippen LogP contribution in [0.15, 0.2) is 35.3 Å². The molecule has 2 aliphatic rings. The number of guanidine groups is 1. The van der Waals surface area contributed by atoms with E-state index in [1.807, 2.05) is 0 Å². The zero-order valence-electron chi connectivity index (χ0n) is 15.5. The smallest absolute Gasteiger partial charge is 0.191 e. The first-order valence-electron chi connectivity index (χ1n) is 9.45. The van der Waals surface area contributed by atoms with Crippen molar-refractivity contribution in [3.63, 3.8) is 0 Å². The molecule has 1 heterocycles. The van der Waals surface area contributed by atoms with Gasteiger partial charge in [-0.25, -0.2) is 0 Å². The number of benzene rings is 1. The summed E-state index contributed by atoms with van der Waals surface area (Å²) in [4.78, 5) is 7.23. The van der Waals surface area contributed by atoms with E-state index >= 15 is 0 Å². The predicted octanol–water partition coefficient (Wildman–Crippen LogP) is 2.83. The van der Waals surface area contributed by atoms with E-state index in [2.05, 4.69) is 78.6 Å². The molecule has 0 aromatic heterocycles. The SMILES string of the molecule is CCN=C(NC1CN(C(C)C)CC1C)NC1CC1c1ccccc1. The van der Waals surface area contributed by atoms with Crippen molar-refractivity contribution in [3.8, 4) is 0 Å². The van der Waals surface area contributed by atoms with Gasteiger partial charge >= 0.3 is 0 Å². The number of likely N-dealkylation sites (tertiary alicyclic amines) is 1. The molecule has 1 aromatic carbocycles. The molecule has 1 saturated heterocycles. The van der Waals surface area contributed by atoms with Crippen molar-refractivity contribution in [2.45, 2.75) is 58.2 Å². The van der Waals surface area contributed by atoms with Gasteiger partial charge < -0.3 is 10.6 Å². The molecule has 0 bridgehead atoms. The summed E-state index contributed by atoms with van der Waals surface area (Å²) in [7, 11) is 0. The minimum atomic E-state index is 0.485. The fraction of sp³-hybridized carbons (Fsp3) is 0.650. The lowest BCUT2D eigenvalue weighted by atomic mass is 10.1. The summed E-state index contributed by atoms with van der Waals surface area (Å²) in [6.45, 7) is 12.1. The van der Waals surface area contributed by atoms with Gasteiger partial charge in [0.15, 0.2) is 5.96 Å². The van der Waals surface area contributed by atoms with Gasteiger partial charge in [-0.15, -0.1) is 0 Å². The van der Waals surface area contributed by atoms with E-state index in [0.29, 0.717) is 30.0 Å². The molecule has 1 aliphatic heterocycles. The van der Waals surface area contributed by atoms with E-state index in [1.54, 1.807) is 0 Å². The fourth-order valence-corrected chi connectivity index (χ4v) is 3.68. The highest BCUT2D eigenvalue weighted by atomic mass is 15.3. The lowest BCUT2D eigenvalue weighted by molar-refractivity contribution is 0.265. The van der Waals surface area contributed by atoms with E-state index in [9.17, 15) is 0 Å². The third kappa shape index (κ3) is 4.10. The van der Waals surface area contributed by atoms with E-state index in [0.717, 1.165) is 19.0 Å². The lowest BCUT2D eigenvalue weighted by Gasteiger charge is -2.22. The number of hydrogen-bond donors (Lipinski definition) is 2. The van der Waals surface area contributed by atoms with Gasteiger partial charge in [0.25, 0.3) is 0 Å². The van der Waals surface area contributed by atoms with E-state index < -0.39 is 0 Å². The summed E-state index contributed by atoms with van der Waals surface area (Å²) in [5.74, 6) is 2.27. The third-order valence-corrected chi connectivity index (χ3v) is 5.35. The topological polar surface area (TPSA) is 39.7 Å². The fourth-order valence-electron chi connectivity index (χ4n) is 3.68. The van der Waals surface area contributed by atoms with Gasteiger partial charge in [0.05, 0.1) is 0 Å². The molecule has 4 nitrogen and oxygen atoms in total. The van der Waals surface area contributed by atoms with Crippen LogP contribution in [0.4, 0.5) is 0 Å². The summed E-state index contributed by atoms with van der Waals surface area (Å²) < 4.78 is 0. The molecule has 4 atom stereocenters. The molecular weight excluding hydrogens is 296 g/mol. The minimum Gasteiger partial charge on any atom is -0.353 e. The van der Waals surface area contributed by atoms with Crippen molar-refractivity contribution in [1.82, 2.24) is 15.5 Å². The Morgan fingerprint density at radius 3 is 2.50 bits per heavy atom. The molecule has 4 heteroatoms. The van der Waals surface area contributed by atoms with E-state index in [4.69, 9.17) is 0 Å². The van der Waals surface area contributed by atoms with Crippen LogP contribution in [0.5, 0.6) is 0 Å². The largest absolute Gasteiger partial charge is 0.353 e. The Bertz CT molecular complexity index is 554. The molecule has 132 valence electrons. The molecule has 0 spiro atoms. The summed E-state index contributed by atoms with van der Waals surface area (Å²) in [6.07, 6.45) is 1.20. The van der Waals surface area contributed by atoms with E-state index in [-0.39, 0.29) is 0 Å². The van der Waals surface area contributed by atoms with Crippen molar-refractivity contribution >= 4 is 5.96 Å². The van der Waals surface area contributed by atoms with Crippen LogP contribution in [0.1, 0.15) is 45.6 Å². The third-order valence-electron chi connectivity index (χ3n) is 5.35. The molecule has 1 aliphatic carbocycles. The first kappa shape index (κ1) is 17.3. The second kappa shape index (κ2) is 7.56. The second-order valence-corrected chi connectivity index (χ2v) is 7.60. The summed E-state index contributed by atoms with van der Waals surface area (Å²) >= 11 is 0. The van der Waals surface area contributed by atoms with Gasteiger partial charge in [-0.2, -0.15) is 0 Å². The van der Waals surface area contributed by atoms with Crippen LogP contribution < -0.4 is 10.6 Å². The molecule has 2 N–H and O–H groups in total. The molecule has 0 amide bonds.